The molecule has 1 N–H and O–H groups in total. The van der Waals surface area contributed by atoms with Crippen LogP contribution in [-0.4, -0.2) is 61.0 Å². The van der Waals surface area contributed by atoms with Crippen LogP contribution in [0.2, 0.25) is 0 Å². The first-order valence-corrected chi connectivity index (χ1v) is 9.96. The molecule has 10 nitrogen and oxygen atoms in total. The second-order valence-electron chi connectivity index (χ2n) is 7.03. The normalized spacial score (nSPS) is 13.9. The number of nitrogens with one attached hydrogen (secondary N) is 1. The lowest BCUT2D eigenvalue weighted by Gasteiger charge is -2.28. The van der Waals surface area contributed by atoms with E-state index >= 15 is 0 Å². The third-order valence-electron chi connectivity index (χ3n) is 4.93. The molecule has 0 bridgehead atoms. The van der Waals surface area contributed by atoms with E-state index in [1.54, 1.807) is 23.3 Å². The average Bonchev–Trinajstić information content (AvgIpc) is 3.26. The Labute approximate surface area is 179 Å². The highest BCUT2D eigenvalue weighted by atomic mass is 16.5. The number of hydrogen-bond acceptors (Lipinski definition) is 9. The molecule has 0 unspecified atom stereocenters. The zero-order valence-electron chi connectivity index (χ0n) is 17.0. The Kier molecular flexibility index (Phi) is 5.19. The van der Waals surface area contributed by atoms with Crippen molar-refractivity contribution in [3.05, 3.63) is 55.4 Å². The molecule has 4 aromatic heterocycles. The van der Waals surface area contributed by atoms with Crippen molar-refractivity contribution in [3.63, 3.8) is 0 Å². The summed E-state index contributed by atoms with van der Waals surface area (Å²) >= 11 is 0. The molecule has 31 heavy (non-hydrogen) atoms. The monoisotopic (exact) mass is 415 g/mol. The first kappa shape index (κ1) is 19.1. The predicted octanol–water partition coefficient (Wildman–Crippen LogP) is 2.31. The van der Waals surface area contributed by atoms with Gasteiger partial charge in [-0.3, -0.25) is 9.67 Å². The molecule has 1 aliphatic rings. The van der Waals surface area contributed by atoms with Crippen molar-refractivity contribution in [2.75, 3.05) is 36.5 Å². The fourth-order valence-electron chi connectivity index (χ4n) is 3.42. The van der Waals surface area contributed by atoms with Gasteiger partial charge < -0.3 is 15.0 Å². The Hall–Kier alpha value is -3.92. The third-order valence-corrected chi connectivity index (χ3v) is 4.93. The van der Waals surface area contributed by atoms with E-state index in [4.69, 9.17) is 14.7 Å². The minimum atomic E-state index is 0.619. The number of hydrogen-bond donors (Lipinski definition) is 1. The lowest BCUT2D eigenvalue weighted by atomic mass is 10.1. The van der Waals surface area contributed by atoms with Crippen LogP contribution in [0.1, 0.15) is 0 Å². The van der Waals surface area contributed by atoms with E-state index in [1.165, 1.54) is 6.33 Å². The fraction of sp³-hybridized carbons (Fsp3) is 0.238. The number of aryl methyl sites for hydroxylation is 1. The number of pyridine rings is 1. The molecule has 0 spiro atoms. The smallest absolute Gasteiger partial charge is 0.228 e. The summed E-state index contributed by atoms with van der Waals surface area (Å²) in [7, 11) is 1.88. The molecule has 4 aromatic rings. The van der Waals surface area contributed by atoms with Gasteiger partial charge in [0.1, 0.15) is 17.8 Å². The second kappa shape index (κ2) is 8.44. The van der Waals surface area contributed by atoms with Crippen LogP contribution in [0.4, 0.5) is 17.5 Å². The summed E-state index contributed by atoms with van der Waals surface area (Å²) in [6.45, 7) is 2.73. The number of nitrogens with zero attached hydrogens (tertiary/aromatic N) is 8. The number of rotatable bonds is 5. The highest BCUT2D eigenvalue weighted by Gasteiger charge is 2.24. The standard InChI is InChI=1S/C21H21N9O/c1-29-9-5-16(28-29)18-19(17-4-8-23-14-24-17)26-21(30-10-12-31-13-11-30)27-20(18)25-15-2-6-22-7-3-15/h2-9,14H,10-13H2,1H3,(H,22,25,26,27). The lowest BCUT2D eigenvalue weighted by molar-refractivity contribution is 0.122. The molecule has 156 valence electrons. The van der Waals surface area contributed by atoms with Crippen molar-refractivity contribution in [1.29, 1.82) is 0 Å². The van der Waals surface area contributed by atoms with Gasteiger partial charge in [0.15, 0.2) is 0 Å². The molecule has 0 radical (unpaired) electrons. The fourth-order valence-corrected chi connectivity index (χ4v) is 3.42. The number of ether oxygens (including phenoxy) is 1. The summed E-state index contributed by atoms with van der Waals surface area (Å²) in [6, 6.07) is 7.57. The van der Waals surface area contributed by atoms with Gasteiger partial charge in [-0.05, 0) is 24.3 Å². The maximum Gasteiger partial charge on any atom is 0.228 e. The largest absolute Gasteiger partial charge is 0.378 e. The summed E-state index contributed by atoms with van der Waals surface area (Å²) in [4.78, 5) is 24.6. The van der Waals surface area contributed by atoms with Crippen molar-refractivity contribution in [3.8, 4) is 22.6 Å². The molecule has 5 heterocycles. The molecule has 10 heteroatoms. The van der Waals surface area contributed by atoms with Gasteiger partial charge in [-0.1, -0.05) is 0 Å². The van der Waals surface area contributed by atoms with E-state index < -0.39 is 0 Å². The maximum atomic E-state index is 5.50. The van der Waals surface area contributed by atoms with Crippen LogP contribution in [0.25, 0.3) is 22.6 Å². The van der Waals surface area contributed by atoms with Crippen LogP contribution in [0.15, 0.2) is 55.4 Å². The van der Waals surface area contributed by atoms with E-state index in [2.05, 4.69) is 30.3 Å². The van der Waals surface area contributed by atoms with E-state index in [9.17, 15) is 0 Å². The van der Waals surface area contributed by atoms with Crippen LogP contribution >= 0.6 is 0 Å². The number of anilines is 3. The SMILES string of the molecule is Cn1ccc(-c2c(Nc3ccncc3)nc(N3CCOCC3)nc2-c2ccncn2)n1. The molecule has 0 aliphatic carbocycles. The first-order chi connectivity index (χ1) is 15.3. The Morgan fingerprint density at radius 2 is 1.74 bits per heavy atom. The first-order valence-electron chi connectivity index (χ1n) is 9.96. The van der Waals surface area contributed by atoms with Gasteiger partial charge in [-0.2, -0.15) is 10.1 Å². The van der Waals surface area contributed by atoms with E-state index in [1.807, 2.05) is 37.5 Å². The van der Waals surface area contributed by atoms with Gasteiger partial charge in [-0.25, -0.2) is 15.0 Å². The molecular weight excluding hydrogens is 394 g/mol. The molecule has 1 aliphatic heterocycles. The summed E-state index contributed by atoms with van der Waals surface area (Å²) in [5.41, 5.74) is 3.78. The van der Waals surface area contributed by atoms with Crippen molar-refractivity contribution < 1.29 is 4.74 Å². The molecule has 5 rings (SSSR count). The molecular formula is C21H21N9O. The summed E-state index contributed by atoms with van der Waals surface area (Å²) in [5.74, 6) is 1.27. The van der Waals surface area contributed by atoms with Gasteiger partial charge in [0.25, 0.3) is 0 Å². The summed E-state index contributed by atoms with van der Waals surface area (Å²) in [5, 5.41) is 8.05. The van der Waals surface area contributed by atoms with Crippen molar-refractivity contribution in [2.24, 2.45) is 7.05 Å². The van der Waals surface area contributed by atoms with Gasteiger partial charge in [0, 0.05) is 50.6 Å². The molecule has 1 saturated heterocycles. The molecule has 0 amide bonds. The van der Waals surface area contributed by atoms with Gasteiger partial charge >= 0.3 is 0 Å². The Morgan fingerprint density at radius 1 is 0.935 bits per heavy atom. The minimum absolute atomic E-state index is 0.619. The molecule has 0 atom stereocenters. The highest BCUT2D eigenvalue weighted by Crippen LogP contribution is 2.36. The van der Waals surface area contributed by atoms with Crippen LogP contribution in [0, 0.1) is 0 Å². The van der Waals surface area contributed by atoms with Crippen LogP contribution in [-0.2, 0) is 11.8 Å². The lowest BCUT2D eigenvalue weighted by Crippen LogP contribution is -2.37. The van der Waals surface area contributed by atoms with Crippen LogP contribution in [0.3, 0.4) is 0 Å². The molecule has 0 saturated carbocycles. The van der Waals surface area contributed by atoms with Crippen LogP contribution in [0.5, 0.6) is 0 Å². The number of aromatic nitrogens is 7. The maximum absolute atomic E-state index is 5.50. The van der Waals surface area contributed by atoms with Crippen molar-refractivity contribution in [1.82, 2.24) is 34.7 Å². The average molecular weight is 415 g/mol. The Balaban J connectivity index is 1.72. The Bertz CT molecular complexity index is 1160. The predicted molar refractivity (Wildman–Crippen MR) is 116 cm³/mol. The quantitative estimate of drug-likeness (QED) is 0.525. The zero-order chi connectivity index (χ0) is 21.0. The Morgan fingerprint density at radius 3 is 2.45 bits per heavy atom. The third kappa shape index (κ3) is 4.05. The van der Waals surface area contributed by atoms with Gasteiger partial charge in [0.05, 0.1) is 30.2 Å². The minimum Gasteiger partial charge on any atom is -0.378 e. The summed E-state index contributed by atoms with van der Waals surface area (Å²) < 4.78 is 7.26. The van der Waals surface area contributed by atoms with Crippen LogP contribution < -0.4 is 10.2 Å². The number of morpholine rings is 1. The van der Waals surface area contributed by atoms with E-state index in [0.29, 0.717) is 36.4 Å². The second-order valence-corrected chi connectivity index (χ2v) is 7.03. The van der Waals surface area contributed by atoms with E-state index in [-0.39, 0.29) is 0 Å². The summed E-state index contributed by atoms with van der Waals surface area (Å²) in [6.07, 6.45) is 8.59. The highest BCUT2D eigenvalue weighted by molar-refractivity contribution is 5.88. The topological polar surface area (TPSA) is 107 Å². The van der Waals surface area contributed by atoms with Crippen molar-refractivity contribution >= 4 is 17.5 Å². The van der Waals surface area contributed by atoms with Gasteiger partial charge in [0.2, 0.25) is 5.95 Å². The van der Waals surface area contributed by atoms with E-state index in [0.717, 1.165) is 30.0 Å². The van der Waals surface area contributed by atoms with Crippen molar-refractivity contribution in [2.45, 2.75) is 0 Å². The van der Waals surface area contributed by atoms with Gasteiger partial charge in [-0.15, -0.1) is 0 Å². The molecule has 0 aromatic carbocycles. The zero-order valence-corrected chi connectivity index (χ0v) is 17.0. The molecule has 1 fully saturated rings.